The largest absolute Gasteiger partial charge is 0.466 e. The highest BCUT2D eigenvalue weighted by Gasteiger charge is 2.68. The number of carbonyl (C=O) groups excluding carboxylic acids is 2. The number of ketones is 1. The number of hydrogen-bond donors (Lipinski definition) is 0. The first-order valence-corrected chi connectivity index (χ1v) is 11.9. The van der Waals surface area contributed by atoms with Crippen molar-refractivity contribution >= 4 is 11.8 Å². The summed E-state index contributed by atoms with van der Waals surface area (Å²) in [5.74, 6) is 0.630. The average Bonchev–Trinajstić information content (AvgIpc) is 3.12. The standard InChI is InChI=1S/C25H42O6/c1-16-8-10-25-11-9-19(29-7)21(25)24(16,5)20(31-15-28-6)14-23(4,22(27)17(25)2)12-13-30-18(3)26/h16-17,19-21H,8-15H2,1-7H3/t16-,17+,19?,20?,21?,23-,24+,25?/m1/s1. The average molecular weight is 439 g/mol. The van der Waals surface area contributed by atoms with Crippen molar-refractivity contribution in [3.05, 3.63) is 0 Å². The van der Waals surface area contributed by atoms with Crippen LogP contribution < -0.4 is 0 Å². The quantitative estimate of drug-likeness (QED) is 0.434. The lowest BCUT2D eigenvalue weighted by Gasteiger charge is -2.62. The summed E-state index contributed by atoms with van der Waals surface area (Å²) >= 11 is 0. The van der Waals surface area contributed by atoms with Crippen molar-refractivity contribution in [2.24, 2.45) is 34.0 Å². The minimum absolute atomic E-state index is 0.0600. The molecule has 0 spiro atoms. The number of rotatable bonds is 7. The monoisotopic (exact) mass is 438 g/mol. The highest BCUT2D eigenvalue weighted by atomic mass is 16.7. The third kappa shape index (κ3) is 3.97. The van der Waals surface area contributed by atoms with E-state index < -0.39 is 5.41 Å². The molecule has 3 aliphatic carbocycles. The molecule has 3 rings (SSSR count). The van der Waals surface area contributed by atoms with E-state index in [0.717, 1.165) is 25.7 Å². The predicted molar refractivity (Wildman–Crippen MR) is 117 cm³/mol. The lowest BCUT2D eigenvalue weighted by Crippen LogP contribution is -2.63. The van der Waals surface area contributed by atoms with E-state index >= 15 is 0 Å². The Labute approximate surface area is 187 Å². The third-order valence-electron chi connectivity index (χ3n) is 9.49. The Balaban J connectivity index is 2.09. The molecular formula is C25H42O6. The Kier molecular flexibility index (Phi) is 7.24. The van der Waals surface area contributed by atoms with Crippen LogP contribution in [0.15, 0.2) is 0 Å². The van der Waals surface area contributed by atoms with E-state index in [0.29, 0.717) is 18.8 Å². The maximum atomic E-state index is 14.1. The molecule has 4 unspecified atom stereocenters. The lowest BCUT2D eigenvalue weighted by atomic mass is 9.44. The van der Waals surface area contributed by atoms with Crippen LogP contribution in [0.25, 0.3) is 0 Å². The topological polar surface area (TPSA) is 71.1 Å². The molecule has 0 heterocycles. The molecule has 0 saturated heterocycles. The van der Waals surface area contributed by atoms with E-state index in [1.54, 1.807) is 7.11 Å². The van der Waals surface area contributed by atoms with E-state index in [1.807, 2.05) is 14.0 Å². The molecular weight excluding hydrogens is 396 g/mol. The van der Waals surface area contributed by atoms with Crippen molar-refractivity contribution in [2.75, 3.05) is 27.6 Å². The third-order valence-corrected chi connectivity index (χ3v) is 9.49. The molecule has 0 aromatic rings. The molecule has 8 atom stereocenters. The van der Waals surface area contributed by atoms with Gasteiger partial charge in [-0.2, -0.15) is 0 Å². The molecule has 3 aliphatic rings. The van der Waals surface area contributed by atoms with E-state index in [1.165, 1.54) is 6.92 Å². The number of hydrogen-bond acceptors (Lipinski definition) is 6. The first-order valence-electron chi connectivity index (χ1n) is 11.9. The molecule has 3 fully saturated rings. The molecule has 0 aromatic carbocycles. The van der Waals surface area contributed by atoms with Gasteiger partial charge in [0.05, 0.1) is 18.8 Å². The molecule has 6 heteroatoms. The van der Waals surface area contributed by atoms with Gasteiger partial charge in [-0.25, -0.2) is 0 Å². The van der Waals surface area contributed by atoms with Gasteiger partial charge < -0.3 is 18.9 Å². The molecule has 0 radical (unpaired) electrons. The van der Waals surface area contributed by atoms with Gasteiger partial charge in [-0.3, -0.25) is 9.59 Å². The summed E-state index contributed by atoms with van der Waals surface area (Å²) < 4.78 is 23.0. The molecule has 3 saturated carbocycles. The number of esters is 1. The molecule has 2 bridgehead atoms. The van der Waals surface area contributed by atoms with Crippen LogP contribution in [0.3, 0.4) is 0 Å². The maximum Gasteiger partial charge on any atom is 0.302 e. The van der Waals surface area contributed by atoms with E-state index in [9.17, 15) is 9.59 Å². The van der Waals surface area contributed by atoms with Crippen molar-refractivity contribution in [1.82, 2.24) is 0 Å². The molecule has 0 aromatic heterocycles. The molecule has 178 valence electrons. The first kappa shape index (κ1) is 24.7. The minimum Gasteiger partial charge on any atom is -0.466 e. The van der Waals surface area contributed by atoms with E-state index in [4.69, 9.17) is 18.9 Å². The zero-order valence-electron chi connectivity index (χ0n) is 20.5. The van der Waals surface area contributed by atoms with Crippen LogP contribution in [0.4, 0.5) is 0 Å². The van der Waals surface area contributed by atoms with Crippen molar-refractivity contribution < 1.29 is 28.5 Å². The summed E-state index contributed by atoms with van der Waals surface area (Å²) in [5, 5.41) is 0. The van der Waals surface area contributed by atoms with Gasteiger partial charge in [0.2, 0.25) is 0 Å². The summed E-state index contributed by atoms with van der Waals surface area (Å²) in [7, 11) is 3.45. The van der Waals surface area contributed by atoms with Gasteiger partial charge in [0.15, 0.2) is 0 Å². The number of carbonyl (C=O) groups is 2. The van der Waals surface area contributed by atoms with Gasteiger partial charge in [-0.1, -0.05) is 27.7 Å². The van der Waals surface area contributed by atoms with Crippen LogP contribution in [-0.4, -0.2) is 51.6 Å². The fraction of sp³-hybridized carbons (Fsp3) is 0.920. The van der Waals surface area contributed by atoms with Crippen molar-refractivity contribution in [1.29, 1.82) is 0 Å². The minimum atomic E-state index is -0.616. The Bertz CT molecular complexity index is 679. The van der Waals surface area contributed by atoms with Crippen LogP contribution in [0.5, 0.6) is 0 Å². The predicted octanol–water partition coefficient (Wildman–Crippen LogP) is 4.39. The Morgan fingerprint density at radius 2 is 1.81 bits per heavy atom. The summed E-state index contributed by atoms with van der Waals surface area (Å²) in [6.07, 6.45) is 5.27. The summed E-state index contributed by atoms with van der Waals surface area (Å²) in [6, 6.07) is 0. The highest BCUT2D eigenvalue weighted by molar-refractivity contribution is 5.87. The zero-order valence-corrected chi connectivity index (χ0v) is 20.5. The van der Waals surface area contributed by atoms with E-state index in [-0.39, 0.29) is 60.0 Å². The second-order valence-corrected chi connectivity index (χ2v) is 10.8. The number of methoxy groups -OCH3 is 2. The van der Waals surface area contributed by atoms with Crippen LogP contribution in [0.1, 0.15) is 73.1 Å². The van der Waals surface area contributed by atoms with Gasteiger partial charge in [-0.05, 0) is 55.8 Å². The van der Waals surface area contributed by atoms with Gasteiger partial charge in [0.25, 0.3) is 0 Å². The van der Waals surface area contributed by atoms with Crippen LogP contribution in [0, 0.1) is 34.0 Å². The van der Waals surface area contributed by atoms with Crippen LogP contribution in [-0.2, 0) is 28.5 Å². The van der Waals surface area contributed by atoms with Gasteiger partial charge >= 0.3 is 5.97 Å². The molecule has 0 N–H and O–H groups in total. The van der Waals surface area contributed by atoms with Crippen molar-refractivity contribution in [2.45, 2.75) is 85.4 Å². The molecule has 0 aliphatic heterocycles. The zero-order chi connectivity index (χ0) is 23.0. The van der Waals surface area contributed by atoms with Gasteiger partial charge in [0.1, 0.15) is 12.6 Å². The van der Waals surface area contributed by atoms with Crippen molar-refractivity contribution in [3.63, 3.8) is 0 Å². The molecule has 6 nitrogen and oxygen atoms in total. The summed E-state index contributed by atoms with van der Waals surface area (Å²) in [6.45, 7) is 10.8. The SMILES string of the molecule is COCOC1C[C@@](C)(CCOC(C)=O)C(=O)[C@H](C)C23CCC(OC)C2[C@@]1(C)[C@H](C)CC3. The maximum absolute atomic E-state index is 14.1. The number of Topliss-reactive ketones (excluding diaryl/α,β-unsaturated/α-hetero) is 1. The normalized spacial score (nSPS) is 45.0. The highest BCUT2D eigenvalue weighted by Crippen LogP contribution is 2.68. The van der Waals surface area contributed by atoms with Crippen LogP contribution >= 0.6 is 0 Å². The van der Waals surface area contributed by atoms with E-state index in [2.05, 4.69) is 20.8 Å². The summed E-state index contributed by atoms with van der Waals surface area (Å²) in [5.41, 5.74) is -0.822. The van der Waals surface area contributed by atoms with Crippen molar-refractivity contribution in [3.8, 4) is 0 Å². The fourth-order valence-corrected chi connectivity index (χ4v) is 7.53. The van der Waals surface area contributed by atoms with Gasteiger partial charge in [0, 0.05) is 37.9 Å². The first-order chi connectivity index (χ1) is 14.6. The smallest absolute Gasteiger partial charge is 0.302 e. The Morgan fingerprint density at radius 1 is 1.13 bits per heavy atom. The summed E-state index contributed by atoms with van der Waals surface area (Å²) in [4.78, 5) is 25.4. The fourth-order valence-electron chi connectivity index (χ4n) is 7.53. The lowest BCUT2D eigenvalue weighted by molar-refractivity contribution is -0.220. The Hall–Kier alpha value is -0.980. The second kappa shape index (κ2) is 9.11. The second-order valence-electron chi connectivity index (χ2n) is 10.8. The number of ether oxygens (including phenoxy) is 4. The van der Waals surface area contributed by atoms with Gasteiger partial charge in [-0.15, -0.1) is 0 Å². The molecule has 31 heavy (non-hydrogen) atoms. The van der Waals surface area contributed by atoms with Crippen LogP contribution in [0.2, 0.25) is 0 Å². The Morgan fingerprint density at radius 3 is 2.42 bits per heavy atom. The molecule has 0 amide bonds.